The summed E-state index contributed by atoms with van der Waals surface area (Å²) in [4.78, 5) is 0. The Labute approximate surface area is 107 Å². The molecule has 0 radical (unpaired) electrons. The summed E-state index contributed by atoms with van der Waals surface area (Å²) in [6.45, 7) is 3.79. The number of halogens is 1. The Kier molecular flexibility index (Phi) is 5.71. The van der Waals surface area contributed by atoms with Gasteiger partial charge in [-0.15, -0.1) is 0 Å². The molecule has 0 unspecified atom stereocenters. The van der Waals surface area contributed by atoms with Crippen LogP contribution in [0.3, 0.4) is 0 Å². The van der Waals surface area contributed by atoms with Crippen molar-refractivity contribution in [1.82, 2.24) is 0 Å². The molecule has 0 aliphatic carbocycles. The van der Waals surface area contributed by atoms with Gasteiger partial charge in [0.15, 0.2) is 0 Å². The van der Waals surface area contributed by atoms with Crippen LogP contribution in [0.4, 0.5) is 4.39 Å². The summed E-state index contributed by atoms with van der Waals surface area (Å²) in [7, 11) is 0. The van der Waals surface area contributed by atoms with Crippen LogP contribution in [0.15, 0.2) is 60.1 Å². The van der Waals surface area contributed by atoms with E-state index in [1.807, 2.05) is 19.1 Å². The van der Waals surface area contributed by atoms with Crippen LogP contribution in [-0.4, -0.2) is 5.11 Å². The van der Waals surface area contributed by atoms with Crippen LogP contribution in [0, 0.1) is 5.82 Å². The predicted octanol–water partition coefficient (Wildman–Crippen LogP) is 4.26. The molecule has 0 saturated heterocycles. The SMILES string of the molecule is C/C=C/C=C(\C=C(/C)O)OCc1ccc(F)cc1. The third-order valence-electron chi connectivity index (χ3n) is 2.12. The van der Waals surface area contributed by atoms with Gasteiger partial charge in [-0.1, -0.05) is 24.3 Å². The molecule has 0 aliphatic heterocycles. The molecule has 0 fully saturated rings. The van der Waals surface area contributed by atoms with E-state index in [1.54, 1.807) is 25.1 Å². The molecule has 1 aromatic carbocycles. The first-order valence-electron chi connectivity index (χ1n) is 5.69. The molecule has 2 nitrogen and oxygen atoms in total. The molecule has 0 aliphatic rings. The van der Waals surface area contributed by atoms with Crippen molar-refractivity contribution >= 4 is 0 Å². The molecule has 0 spiro atoms. The molecule has 0 atom stereocenters. The van der Waals surface area contributed by atoms with Gasteiger partial charge in [0.05, 0.1) is 5.76 Å². The van der Waals surface area contributed by atoms with Crippen molar-refractivity contribution in [3.05, 3.63) is 71.5 Å². The Morgan fingerprint density at radius 2 is 2.00 bits per heavy atom. The van der Waals surface area contributed by atoms with Crippen LogP contribution >= 0.6 is 0 Å². The Morgan fingerprint density at radius 3 is 2.56 bits per heavy atom. The van der Waals surface area contributed by atoms with Crippen LogP contribution in [0.25, 0.3) is 0 Å². The van der Waals surface area contributed by atoms with Gasteiger partial charge in [0, 0.05) is 6.08 Å². The molecule has 1 aromatic rings. The van der Waals surface area contributed by atoms with E-state index in [9.17, 15) is 9.50 Å². The van der Waals surface area contributed by atoms with Gasteiger partial charge in [-0.05, 0) is 37.6 Å². The molecule has 18 heavy (non-hydrogen) atoms. The highest BCUT2D eigenvalue weighted by atomic mass is 19.1. The Balaban J connectivity index is 2.67. The lowest BCUT2D eigenvalue weighted by Crippen LogP contribution is -1.93. The van der Waals surface area contributed by atoms with Crippen molar-refractivity contribution in [3.8, 4) is 0 Å². The first-order chi connectivity index (χ1) is 8.61. The molecule has 0 heterocycles. The van der Waals surface area contributed by atoms with E-state index in [1.165, 1.54) is 18.2 Å². The fourth-order valence-corrected chi connectivity index (χ4v) is 1.28. The van der Waals surface area contributed by atoms with Crippen molar-refractivity contribution in [2.45, 2.75) is 20.5 Å². The summed E-state index contributed by atoms with van der Waals surface area (Å²) in [5, 5.41) is 9.22. The normalized spacial score (nSPS) is 13.1. The van der Waals surface area contributed by atoms with Gasteiger partial charge in [-0.2, -0.15) is 0 Å². The fraction of sp³-hybridized carbons (Fsp3) is 0.200. The van der Waals surface area contributed by atoms with Crippen LogP contribution in [0.2, 0.25) is 0 Å². The lowest BCUT2D eigenvalue weighted by molar-refractivity contribution is 0.209. The second-order valence-corrected chi connectivity index (χ2v) is 3.80. The van der Waals surface area contributed by atoms with Crippen LogP contribution in [0.1, 0.15) is 19.4 Å². The number of aliphatic hydroxyl groups is 1. The first-order valence-corrected chi connectivity index (χ1v) is 5.69. The zero-order chi connectivity index (χ0) is 13.4. The third kappa shape index (κ3) is 5.34. The maximum absolute atomic E-state index is 12.7. The molecule has 1 rings (SSSR count). The van der Waals surface area contributed by atoms with Crippen molar-refractivity contribution in [2.75, 3.05) is 0 Å². The average Bonchev–Trinajstić information content (AvgIpc) is 2.34. The highest BCUT2D eigenvalue weighted by molar-refractivity contribution is 5.21. The number of hydrogen-bond donors (Lipinski definition) is 1. The minimum absolute atomic E-state index is 0.171. The lowest BCUT2D eigenvalue weighted by atomic mass is 10.2. The zero-order valence-electron chi connectivity index (χ0n) is 10.6. The summed E-state index contributed by atoms with van der Waals surface area (Å²) in [5.74, 6) is 0.455. The minimum atomic E-state index is -0.269. The number of allylic oxidation sites excluding steroid dienone is 5. The monoisotopic (exact) mass is 248 g/mol. The Morgan fingerprint density at radius 1 is 1.33 bits per heavy atom. The van der Waals surface area contributed by atoms with Crippen LogP contribution in [-0.2, 0) is 11.3 Å². The molecule has 96 valence electrons. The number of ether oxygens (including phenoxy) is 1. The van der Waals surface area contributed by atoms with E-state index in [-0.39, 0.29) is 11.6 Å². The van der Waals surface area contributed by atoms with Gasteiger partial charge in [0.25, 0.3) is 0 Å². The molecule has 0 saturated carbocycles. The maximum Gasteiger partial charge on any atom is 0.123 e. The predicted molar refractivity (Wildman–Crippen MR) is 70.5 cm³/mol. The number of benzene rings is 1. The van der Waals surface area contributed by atoms with Gasteiger partial charge < -0.3 is 9.84 Å². The van der Waals surface area contributed by atoms with Gasteiger partial charge >= 0.3 is 0 Å². The molecular weight excluding hydrogens is 231 g/mol. The van der Waals surface area contributed by atoms with Crippen LogP contribution < -0.4 is 0 Å². The summed E-state index contributed by atoms with van der Waals surface area (Å²) in [6.07, 6.45) is 6.97. The number of rotatable bonds is 5. The van der Waals surface area contributed by atoms with Gasteiger partial charge in [0.2, 0.25) is 0 Å². The van der Waals surface area contributed by atoms with Gasteiger partial charge in [-0.25, -0.2) is 4.39 Å². The standard InChI is InChI=1S/C15H17FO2/c1-3-4-5-15(10-12(2)17)18-11-13-6-8-14(16)9-7-13/h3-10,17H,11H2,1-2H3/b4-3+,12-10+,15-5+. The van der Waals surface area contributed by atoms with Crippen molar-refractivity contribution in [1.29, 1.82) is 0 Å². The second-order valence-electron chi connectivity index (χ2n) is 3.80. The smallest absolute Gasteiger partial charge is 0.123 e. The van der Waals surface area contributed by atoms with Gasteiger partial charge in [0.1, 0.15) is 18.2 Å². The van der Waals surface area contributed by atoms with E-state index in [2.05, 4.69) is 0 Å². The van der Waals surface area contributed by atoms with Crippen molar-refractivity contribution < 1.29 is 14.2 Å². The Bertz CT molecular complexity index is 452. The van der Waals surface area contributed by atoms with E-state index in [0.717, 1.165) is 5.56 Å². The molecule has 0 aromatic heterocycles. The molecular formula is C15H17FO2. The quantitative estimate of drug-likeness (QED) is 0.623. The lowest BCUT2D eigenvalue weighted by Gasteiger charge is -2.07. The maximum atomic E-state index is 12.7. The van der Waals surface area contributed by atoms with E-state index >= 15 is 0 Å². The van der Waals surface area contributed by atoms with Crippen molar-refractivity contribution in [2.24, 2.45) is 0 Å². The topological polar surface area (TPSA) is 29.5 Å². The average molecular weight is 248 g/mol. The highest BCUT2D eigenvalue weighted by Gasteiger charge is 1.98. The van der Waals surface area contributed by atoms with E-state index in [4.69, 9.17) is 4.74 Å². The molecule has 0 amide bonds. The van der Waals surface area contributed by atoms with Crippen LogP contribution in [0.5, 0.6) is 0 Å². The summed E-state index contributed by atoms with van der Waals surface area (Å²) < 4.78 is 18.3. The molecule has 3 heteroatoms. The van der Waals surface area contributed by atoms with E-state index < -0.39 is 0 Å². The molecule has 1 N–H and O–H groups in total. The fourth-order valence-electron chi connectivity index (χ4n) is 1.28. The number of aliphatic hydroxyl groups excluding tert-OH is 1. The largest absolute Gasteiger partial charge is 0.512 e. The summed E-state index contributed by atoms with van der Waals surface area (Å²) in [5.41, 5.74) is 0.867. The van der Waals surface area contributed by atoms with Crippen molar-refractivity contribution in [3.63, 3.8) is 0 Å². The minimum Gasteiger partial charge on any atom is -0.512 e. The molecule has 0 bridgehead atoms. The highest BCUT2D eigenvalue weighted by Crippen LogP contribution is 2.10. The van der Waals surface area contributed by atoms with E-state index in [0.29, 0.717) is 12.4 Å². The summed E-state index contributed by atoms with van der Waals surface area (Å²) in [6, 6.07) is 6.11. The second kappa shape index (κ2) is 7.33. The zero-order valence-corrected chi connectivity index (χ0v) is 10.6. The van der Waals surface area contributed by atoms with Gasteiger partial charge in [-0.3, -0.25) is 0 Å². The number of hydrogen-bond acceptors (Lipinski definition) is 2. The third-order valence-corrected chi connectivity index (χ3v) is 2.12. The first kappa shape index (κ1) is 14.0. The Hall–Kier alpha value is -2.03. The summed E-state index contributed by atoms with van der Waals surface area (Å²) >= 11 is 0.